The molecule has 0 saturated heterocycles. The van der Waals surface area contributed by atoms with Crippen LogP contribution in [0.4, 0.5) is 0 Å². The standard InChI is InChI=1S/C22H20O2PS.3C4H9.Sn/c1-2-24-21(23)14-13-19-17-10-6-11-18(17)22(20-12-7-15-26-20)25(19)16-8-4-3-5-9-16;3*1-3-4-2;/h3-5,7-9,12-14H,2,6,10-11H2,1H3;3*1,3-4H2,2H3;/b14-13+;;;;. The van der Waals surface area contributed by atoms with Crippen LogP contribution in [0.2, 0.25) is 13.3 Å². The van der Waals surface area contributed by atoms with Crippen LogP contribution in [0.3, 0.4) is 0 Å². The van der Waals surface area contributed by atoms with Crippen molar-refractivity contribution in [3.8, 4) is 15.5 Å². The van der Waals surface area contributed by atoms with E-state index in [0.717, 1.165) is 12.8 Å². The summed E-state index contributed by atoms with van der Waals surface area (Å²) in [5, 5.41) is 4.36. The van der Waals surface area contributed by atoms with Gasteiger partial charge in [0.15, 0.2) is 0 Å². The zero-order valence-corrected chi connectivity index (χ0v) is 29.1. The predicted octanol–water partition coefficient (Wildman–Crippen LogP) is 10.5. The second kappa shape index (κ2) is 15.1. The first-order valence-corrected chi connectivity index (χ1v) is 25.0. The number of ether oxygens (including phenoxy) is 1. The summed E-state index contributed by atoms with van der Waals surface area (Å²) in [7, 11) is -0.674. The van der Waals surface area contributed by atoms with Crippen molar-refractivity contribution in [1.29, 1.82) is 0 Å². The molecule has 2 nitrogen and oxygen atoms in total. The Balaban J connectivity index is 1.86. The van der Waals surface area contributed by atoms with Gasteiger partial charge in [0.05, 0.1) is 0 Å². The first kappa shape index (κ1) is 30.7. The molecule has 0 saturated carbocycles. The average Bonchev–Trinajstić information content (AvgIpc) is 3.69. The van der Waals surface area contributed by atoms with Gasteiger partial charge in [-0.05, 0) is 0 Å². The molecule has 0 bridgehead atoms. The average molecular weight is 670 g/mol. The van der Waals surface area contributed by atoms with Gasteiger partial charge in [0.1, 0.15) is 0 Å². The van der Waals surface area contributed by atoms with Crippen LogP contribution in [0.25, 0.3) is 21.6 Å². The molecule has 1 atom stereocenters. The fourth-order valence-corrected chi connectivity index (χ4v) is 29.7. The normalized spacial score (nSPS) is 13.8. The van der Waals surface area contributed by atoms with Crippen molar-refractivity contribution in [3.63, 3.8) is 0 Å². The van der Waals surface area contributed by atoms with Crippen LogP contribution in [0.1, 0.15) is 89.1 Å². The fraction of sp³-hybridized carbons (Fsp3) is 0.500. The predicted molar refractivity (Wildman–Crippen MR) is 176 cm³/mol. The first-order valence-electron chi connectivity index (χ1n) is 15.4. The minimum atomic E-state index is -2.49. The van der Waals surface area contributed by atoms with Crippen LogP contribution in [0.15, 0.2) is 48.5 Å². The maximum absolute atomic E-state index is 12.3. The fourth-order valence-electron chi connectivity index (χ4n) is 6.33. The molecule has 0 radical (unpaired) electrons. The van der Waals surface area contributed by atoms with Gasteiger partial charge in [-0.1, -0.05) is 0 Å². The molecule has 1 unspecified atom stereocenters. The molecular weight excluding hydrogens is 622 g/mol. The molecular formula is C34H47O2PSSn. The molecule has 4 rings (SSSR count). The summed E-state index contributed by atoms with van der Waals surface area (Å²) < 4.78 is 11.6. The number of fused-ring (bicyclic) bond motifs is 1. The third kappa shape index (κ3) is 7.14. The summed E-state index contributed by atoms with van der Waals surface area (Å²) in [5.74, 6) is -0.235. The Morgan fingerprint density at radius 3 is 2.15 bits per heavy atom. The van der Waals surface area contributed by atoms with E-state index in [1.54, 1.807) is 16.9 Å². The molecule has 210 valence electrons. The van der Waals surface area contributed by atoms with Gasteiger partial charge >= 0.3 is 248 Å². The molecule has 2 aromatic heterocycles. The van der Waals surface area contributed by atoms with Gasteiger partial charge < -0.3 is 0 Å². The number of carbonyl (C=O) groups is 1. The van der Waals surface area contributed by atoms with E-state index in [0.29, 0.717) is 6.61 Å². The summed E-state index contributed by atoms with van der Waals surface area (Å²) >= 11 is -0.309. The molecule has 39 heavy (non-hydrogen) atoms. The van der Waals surface area contributed by atoms with E-state index in [4.69, 9.17) is 4.74 Å². The zero-order valence-electron chi connectivity index (χ0n) is 24.6. The van der Waals surface area contributed by atoms with Crippen LogP contribution in [-0.2, 0) is 22.4 Å². The first-order chi connectivity index (χ1) is 19.1. The number of benzene rings is 1. The van der Waals surface area contributed by atoms with Gasteiger partial charge in [0.2, 0.25) is 0 Å². The van der Waals surface area contributed by atoms with E-state index in [9.17, 15) is 4.79 Å². The van der Waals surface area contributed by atoms with Crippen molar-refractivity contribution in [2.45, 2.75) is 98.8 Å². The second-order valence-electron chi connectivity index (χ2n) is 11.1. The van der Waals surface area contributed by atoms with Crippen molar-refractivity contribution in [3.05, 3.63) is 65.0 Å². The number of rotatable bonds is 15. The van der Waals surface area contributed by atoms with Gasteiger partial charge in [-0.3, -0.25) is 0 Å². The third-order valence-corrected chi connectivity index (χ3v) is 30.5. The molecule has 1 aromatic carbocycles. The van der Waals surface area contributed by atoms with Crippen molar-refractivity contribution >= 4 is 52.2 Å². The van der Waals surface area contributed by atoms with E-state index < -0.39 is 25.9 Å². The molecule has 2 heterocycles. The SMILES string of the molecule is CCC[CH2][Sn]([CH2]CCC)([CH2]CCC)[c]1ccc(-c2c3c(c(/C=C/C(=O)OCC)p2-c2ccccc2)CCC3)s1. The number of thiophene rings is 1. The number of hydrogen-bond acceptors (Lipinski definition) is 3. The van der Waals surface area contributed by atoms with Gasteiger partial charge in [-0.2, -0.15) is 0 Å². The summed E-state index contributed by atoms with van der Waals surface area (Å²) in [5.41, 5.74) is 3.09. The van der Waals surface area contributed by atoms with Crippen molar-refractivity contribution in [1.82, 2.24) is 0 Å². The van der Waals surface area contributed by atoms with Crippen LogP contribution in [0, 0.1) is 0 Å². The Morgan fingerprint density at radius 1 is 0.897 bits per heavy atom. The van der Waals surface area contributed by atoms with Gasteiger partial charge in [-0.25, -0.2) is 0 Å². The van der Waals surface area contributed by atoms with Crippen LogP contribution >= 0.6 is 18.9 Å². The quantitative estimate of drug-likeness (QED) is 0.0915. The molecule has 3 aromatic rings. The second-order valence-corrected chi connectivity index (χ2v) is 28.4. The van der Waals surface area contributed by atoms with Crippen LogP contribution in [0.5, 0.6) is 0 Å². The van der Waals surface area contributed by atoms with Crippen LogP contribution in [-0.4, -0.2) is 31.0 Å². The van der Waals surface area contributed by atoms with E-state index in [2.05, 4.69) is 80.6 Å². The third-order valence-electron chi connectivity index (χ3n) is 8.34. The summed E-state index contributed by atoms with van der Waals surface area (Å²) in [6.45, 7) is 9.39. The van der Waals surface area contributed by atoms with E-state index >= 15 is 0 Å². The molecule has 0 aliphatic heterocycles. The van der Waals surface area contributed by atoms with Crippen LogP contribution < -0.4 is 2.89 Å². The Bertz CT molecular complexity index is 1220. The number of unbranched alkanes of at least 4 members (excludes halogenated alkanes) is 3. The van der Waals surface area contributed by atoms with Crippen molar-refractivity contribution < 1.29 is 9.53 Å². The zero-order chi connectivity index (χ0) is 27.7. The van der Waals surface area contributed by atoms with Gasteiger partial charge in [-0.15, -0.1) is 0 Å². The Labute approximate surface area is 246 Å². The number of hydrogen-bond donors (Lipinski definition) is 0. The molecule has 1 aliphatic carbocycles. The van der Waals surface area contributed by atoms with E-state index in [1.165, 1.54) is 79.3 Å². The monoisotopic (exact) mass is 670 g/mol. The summed E-state index contributed by atoms with van der Waals surface area (Å²) in [6.07, 6.45) is 15.4. The topological polar surface area (TPSA) is 26.3 Å². The van der Waals surface area contributed by atoms with Gasteiger partial charge in [0.25, 0.3) is 0 Å². The van der Waals surface area contributed by atoms with Gasteiger partial charge in [0, 0.05) is 0 Å². The molecule has 1 aliphatic rings. The molecule has 0 fully saturated rings. The molecule has 0 N–H and O–H groups in total. The Morgan fingerprint density at radius 2 is 1.54 bits per heavy atom. The molecule has 0 spiro atoms. The number of carbonyl (C=O) groups excluding carboxylic acids is 1. The van der Waals surface area contributed by atoms with E-state index in [1.807, 2.05) is 9.82 Å². The van der Waals surface area contributed by atoms with E-state index in [-0.39, 0.29) is 5.97 Å². The minimum absolute atomic E-state index is 0.235. The van der Waals surface area contributed by atoms with Crippen molar-refractivity contribution in [2.24, 2.45) is 0 Å². The van der Waals surface area contributed by atoms with Crippen molar-refractivity contribution in [2.75, 3.05) is 6.61 Å². The Hall–Kier alpha value is -1.29. The molecule has 5 heteroatoms. The number of esters is 1. The summed E-state index contributed by atoms with van der Waals surface area (Å²) in [4.78, 5) is 13.8. The Kier molecular flexibility index (Phi) is 11.9. The summed E-state index contributed by atoms with van der Waals surface area (Å²) in [6, 6.07) is 16.2. The molecule has 0 amide bonds. The maximum atomic E-state index is 12.3.